The van der Waals surface area contributed by atoms with Gasteiger partial charge >= 0.3 is 0 Å². The van der Waals surface area contributed by atoms with Crippen LogP contribution in [-0.2, 0) is 13.1 Å². The fourth-order valence-corrected chi connectivity index (χ4v) is 4.78. The zero-order chi connectivity index (χ0) is 23.4. The van der Waals surface area contributed by atoms with Crippen LogP contribution < -0.4 is 5.32 Å². The molecule has 0 radical (unpaired) electrons. The van der Waals surface area contributed by atoms with E-state index in [1.807, 2.05) is 13.0 Å². The molecule has 4 rings (SSSR count). The van der Waals surface area contributed by atoms with Gasteiger partial charge in [-0.05, 0) is 64.5 Å². The molecule has 0 bridgehead atoms. The summed E-state index contributed by atoms with van der Waals surface area (Å²) in [5.74, 6) is 0. The standard InChI is InChI=1S/C25H35N7S/c1-19-17-20(2)31(27-19)12-8-11-26-25(33)30-15-13-29(14-16-30)18-24-21(3)28-32(22(24)4)23-9-6-5-7-10-23/h5-7,9-10,17H,8,11-16,18H2,1-4H3,(H,26,33). The highest BCUT2D eigenvalue weighted by atomic mass is 32.1. The highest BCUT2D eigenvalue weighted by molar-refractivity contribution is 7.80. The Labute approximate surface area is 202 Å². The van der Waals surface area contributed by atoms with Gasteiger partial charge in [0.2, 0.25) is 0 Å². The van der Waals surface area contributed by atoms with Crippen LogP contribution in [0.15, 0.2) is 36.4 Å². The molecule has 1 aliphatic heterocycles. The van der Waals surface area contributed by atoms with Crippen LogP contribution in [0.2, 0.25) is 0 Å². The van der Waals surface area contributed by atoms with Gasteiger partial charge in [-0.25, -0.2) is 4.68 Å². The molecule has 0 spiro atoms. The van der Waals surface area contributed by atoms with E-state index >= 15 is 0 Å². The summed E-state index contributed by atoms with van der Waals surface area (Å²) in [5, 5.41) is 13.6. The molecule has 1 fully saturated rings. The number of nitrogens with zero attached hydrogens (tertiary/aromatic N) is 6. The third-order valence-electron chi connectivity index (χ3n) is 6.41. The van der Waals surface area contributed by atoms with Crippen LogP contribution in [0, 0.1) is 27.7 Å². The lowest BCUT2D eigenvalue weighted by molar-refractivity contribution is 0.174. The van der Waals surface area contributed by atoms with Crippen LogP contribution in [0.5, 0.6) is 0 Å². The van der Waals surface area contributed by atoms with Crippen LogP contribution in [0.1, 0.15) is 34.8 Å². The quantitative estimate of drug-likeness (QED) is 0.426. The van der Waals surface area contributed by atoms with Crippen molar-refractivity contribution in [2.24, 2.45) is 0 Å². The number of hydrogen-bond donors (Lipinski definition) is 1. The molecule has 3 heterocycles. The van der Waals surface area contributed by atoms with E-state index in [4.69, 9.17) is 17.3 Å². The van der Waals surface area contributed by atoms with Gasteiger partial charge in [0.05, 0.1) is 17.1 Å². The van der Waals surface area contributed by atoms with Crippen molar-refractivity contribution < 1.29 is 0 Å². The van der Waals surface area contributed by atoms with Crippen molar-refractivity contribution in [1.29, 1.82) is 0 Å². The van der Waals surface area contributed by atoms with E-state index in [9.17, 15) is 0 Å². The van der Waals surface area contributed by atoms with E-state index < -0.39 is 0 Å². The van der Waals surface area contributed by atoms with Crippen molar-refractivity contribution in [3.8, 4) is 5.69 Å². The summed E-state index contributed by atoms with van der Waals surface area (Å²) >= 11 is 5.66. The molecule has 2 aromatic heterocycles. The lowest BCUT2D eigenvalue weighted by atomic mass is 10.1. The van der Waals surface area contributed by atoms with Crippen LogP contribution in [0.3, 0.4) is 0 Å². The fourth-order valence-electron chi connectivity index (χ4n) is 4.49. The Morgan fingerprint density at radius 3 is 2.39 bits per heavy atom. The SMILES string of the molecule is Cc1cc(C)n(CCCNC(=S)N2CCN(Cc3c(C)nn(-c4ccccc4)c3C)CC2)n1. The highest BCUT2D eigenvalue weighted by Crippen LogP contribution is 2.20. The molecule has 1 N–H and O–H groups in total. The molecule has 0 amide bonds. The lowest BCUT2D eigenvalue weighted by Crippen LogP contribution is -2.51. The Morgan fingerprint density at radius 1 is 1.00 bits per heavy atom. The van der Waals surface area contributed by atoms with Gasteiger partial charge in [0, 0.05) is 62.8 Å². The summed E-state index contributed by atoms with van der Waals surface area (Å²) in [6.45, 7) is 15.1. The van der Waals surface area contributed by atoms with Gasteiger partial charge in [-0.1, -0.05) is 18.2 Å². The van der Waals surface area contributed by atoms with Gasteiger partial charge < -0.3 is 10.2 Å². The number of hydrogen-bond acceptors (Lipinski definition) is 4. The second kappa shape index (κ2) is 10.5. The maximum absolute atomic E-state index is 5.66. The van der Waals surface area contributed by atoms with Crippen molar-refractivity contribution >= 4 is 17.3 Å². The minimum atomic E-state index is 0.868. The first-order valence-corrected chi connectivity index (χ1v) is 12.2. The van der Waals surface area contributed by atoms with E-state index in [0.717, 1.165) is 74.4 Å². The average Bonchev–Trinajstić information content (AvgIpc) is 3.29. The zero-order valence-electron chi connectivity index (χ0n) is 20.2. The summed E-state index contributed by atoms with van der Waals surface area (Å²) in [7, 11) is 0. The van der Waals surface area contributed by atoms with Crippen molar-refractivity contribution in [2.75, 3.05) is 32.7 Å². The first-order chi connectivity index (χ1) is 15.9. The molecule has 8 heteroatoms. The van der Waals surface area contributed by atoms with Crippen LogP contribution in [0.25, 0.3) is 5.69 Å². The molecular weight excluding hydrogens is 430 g/mol. The average molecular weight is 466 g/mol. The molecule has 7 nitrogen and oxygen atoms in total. The van der Waals surface area contributed by atoms with Crippen molar-refractivity contribution in [1.82, 2.24) is 34.7 Å². The molecule has 0 aliphatic carbocycles. The molecule has 3 aromatic rings. The fraction of sp³-hybridized carbons (Fsp3) is 0.480. The summed E-state index contributed by atoms with van der Waals surface area (Å²) in [6, 6.07) is 12.5. The van der Waals surface area contributed by atoms with Crippen LogP contribution in [0.4, 0.5) is 0 Å². The van der Waals surface area contributed by atoms with E-state index in [2.05, 4.69) is 80.7 Å². The predicted molar refractivity (Wildman–Crippen MR) is 137 cm³/mol. The topological polar surface area (TPSA) is 54.2 Å². The molecule has 1 saturated heterocycles. The summed E-state index contributed by atoms with van der Waals surface area (Å²) in [4.78, 5) is 4.80. The van der Waals surface area contributed by atoms with Gasteiger partial charge in [-0.15, -0.1) is 0 Å². The summed E-state index contributed by atoms with van der Waals surface area (Å²) in [6.07, 6.45) is 1.01. The minimum Gasteiger partial charge on any atom is -0.362 e. The minimum absolute atomic E-state index is 0.868. The number of thiocarbonyl (C=S) groups is 1. The van der Waals surface area contributed by atoms with E-state index in [0.29, 0.717) is 0 Å². The molecule has 0 atom stereocenters. The van der Waals surface area contributed by atoms with Crippen LogP contribution in [-0.4, -0.2) is 67.2 Å². The normalized spacial score (nSPS) is 14.6. The third-order valence-corrected chi connectivity index (χ3v) is 6.81. The Balaban J connectivity index is 1.23. The zero-order valence-corrected chi connectivity index (χ0v) is 21.0. The van der Waals surface area contributed by atoms with Gasteiger partial charge in [-0.3, -0.25) is 9.58 Å². The number of rotatable bonds is 7. The van der Waals surface area contributed by atoms with Crippen molar-refractivity contribution in [3.05, 3.63) is 64.7 Å². The molecular formula is C25H35N7S. The Bertz CT molecular complexity index is 1080. The van der Waals surface area contributed by atoms with Gasteiger partial charge in [0.1, 0.15) is 0 Å². The maximum atomic E-state index is 5.66. The van der Waals surface area contributed by atoms with Crippen molar-refractivity contribution in [2.45, 2.75) is 47.2 Å². The molecule has 33 heavy (non-hydrogen) atoms. The Hall–Kier alpha value is -2.71. The molecule has 1 aromatic carbocycles. The van der Waals surface area contributed by atoms with E-state index in [1.54, 1.807) is 0 Å². The highest BCUT2D eigenvalue weighted by Gasteiger charge is 2.21. The second-order valence-corrected chi connectivity index (χ2v) is 9.28. The number of para-hydroxylation sites is 1. The maximum Gasteiger partial charge on any atom is 0.169 e. The number of nitrogens with one attached hydrogen (secondary N) is 1. The molecule has 1 aliphatic rings. The number of aryl methyl sites for hydroxylation is 4. The first kappa shape index (κ1) is 23.4. The van der Waals surface area contributed by atoms with Gasteiger partial charge in [-0.2, -0.15) is 10.2 Å². The van der Waals surface area contributed by atoms with Gasteiger partial charge in [0.25, 0.3) is 0 Å². The molecule has 176 valence electrons. The summed E-state index contributed by atoms with van der Waals surface area (Å²) in [5.41, 5.74) is 7.07. The van der Waals surface area contributed by atoms with Crippen LogP contribution >= 0.6 is 12.2 Å². The lowest BCUT2D eigenvalue weighted by Gasteiger charge is -2.36. The number of piperazine rings is 1. The Morgan fingerprint density at radius 2 is 1.73 bits per heavy atom. The number of benzene rings is 1. The Kier molecular flexibility index (Phi) is 7.45. The third kappa shape index (κ3) is 5.62. The molecule has 0 saturated carbocycles. The van der Waals surface area contributed by atoms with Crippen molar-refractivity contribution in [3.63, 3.8) is 0 Å². The van der Waals surface area contributed by atoms with E-state index in [1.165, 1.54) is 17.0 Å². The largest absolute Gasteiger partial charge is 0.362 e. The predicted octanol–water partition coefficient (Wildman–Crippen LogP) is 3.38. The molecule has 0 unspecified atom stereocenters. The van der Waals surface area contributed by atoms with Gasteiger partial charge in [0.15, 0.2) is 5.11 Å². The smallest absolute Gasteiger partial charge is 0.169 e. The van der Waals surface area contributed by atoms with E-state index in [-0.39, 0.29) is 0 Å². The number of aromatic nitrogens is 4. The second-order valence-electron chi connectivity index (χ2n) is 8.90. The summed E-state index contributed by atoms with van der Waals surface area (Å²) < 4.78 is 4.13. The first-order valence-electron chi connectivity index (χ1n) is 11.8. The monoisotopic (exact) mass is 465 g/mol.